The summed E-state index contributed by atoms with van der Waals surface area (Å²) in [6, 6.07) is 0. The van der Waals surface area contributed by atoms with Crippen molar-refractivity contribution in [2.45, 2.75) is 19.8 Å². The van der Waals surface area contributed by atoms with Gasteiger partial charge in [0.25, 0.3) is 0 Å². The van der Waals surface area contributed by atoms with Gasteiger partial charge < -0.3 is 14.9 Å². The minimum Gasteiger partial charge on any atom is -0.480 e. The third-order valence-corrected chi connectivity index (χ3v) is 1.60. The zero-order valence-corrected chi connectivity index (χ0v) is 7.32. The molecule has 0 aliphatic heterocycles. The molecular formula is C8H16O4. The Balaban J connectivity index is 3.13. The summed E-state index contributed by atoms with van der Waals surface area (Å²) in [5.41, 5.74) is 0. The molecule has 0 saturated heterocycles. The van der Waals surface area contributed by atoms with E-state index in [1.165, 1.54) is 0 Å². The maximum absolute atomic E-state index is 10.0. The van der Waals surface area contributed by atoms with E-state index in [-0.39, 0.29) is 13.2 Å². The van der Waals surface area contributed by atoms with Gasteiger partial charge in [-0.05, 0) is 18.8 Å². The second kappa shape index (κ2) is 7.06. The molecule has 0 saturated carbocycles. The second-order valence-corrected chi connectivity index (χ2v) is 2.85. The molecule has 1 unspecified atom stereocenters. The molecule has 4 heteroatoms. The first-order chi connectivity index (χ1) is 5.66. The van der Waals surface area contributed by atoms with E-state index >= 15 is 0 Å². The van der Waals surface area contributed by atoms with Crippen LogP contribution in [-0.4, -0.2) is 36.0 Å². The van der Waals surface area contributed by atoms with Crippen LogP contribution in [0.25, 0.3) is 0 Å². The van der Waals surface area contributed by atoms with Crippen molar-refractivity contribution >= 4 is 5.97 Å². The van der Waals surface area contributed by atoms with Crippen molar-refractivity contribution in [2.75, 3.05) is 19.8 Å². The summed E-state index contributed by atoms with van der Waals surface area (Å²) in [5, 5.41) is 16.8. The van der Waals surface area contributed by atoms with E-state index < -0.39 is 5.97 Å². The van der Waals surface area contributed by atoms with Crippen molar-refractivity contribution in [3.8, 4) is 0 Å². The van der Waals surface area contributed by atoms with E-state index in [1.54, 1.807) is 0 Å². The lowest BCUT2D eigenvalue weighted by Crippen LogP contribution is -2.10. The normalized spacial score (nSPS) is 12.8. The summed E-state index contributed by atoms with van der Waals surface area (Å²) in [5.74, 6) is -0.548. The molecule has 0 aromatic carbocycles. The maximum atomic E-state index is 10.0. The molecule has 12 heavy (non-hydrogen) atoms. The van der Waals surface area contributed by atoms with Crippen LogP contribution in [0.1, 0.15) is 19.8 Å². The van der Waals surface area contributed by atoms with Crippen molar-refractivity contribution in [1.29, 1.82) is 0 Å². The zero-order chi connectivity index (χ0) is 9.40. The molecule has 0 aromatic rings. The first-order valence-corrected chi connectivity index (χ1v) is 4.07. The van der Waals surface area contributed by atoms with Crippen LogP contribution in [0.15, 0.2) is 0 Å². The van der Waals surface area contributed by atoms with Gasteiger partial charge in [-0.25, -0.2) is 4.79 Å². The summed E-state index contributed by atoms with van der Waals surface area (Å²) in [6.07, 6.45) is 1.55. The number of carboxylic acids is 1. The first-order valence-electron chi connectivity index (χ1n) is 4.07. The van der Waals surface area contributed by atoms with Gasteiger partial charge in [-0.3, -0.25) is 0 Å². The Kier molecular flexibility index (Phi) is 6.70. The standard InChI is InChI=1S/C8H16O4/c1-7(2-4-9)3-5-12-6-8(10)11/h7,9H,2-6H2,1H3,(H,10,11). The minimum absolute atomic E-state index is 0.181. The summed E-state index contributed by atoms with van der Waals surface area (Å²) in [7, 11) is 0. The highest BCUT2D eigenvalue weighted by Crippen LogP contribution is 2.05. The molecule has 72 valence electrons. The Morgan fingerprint density at radius 1 is 1.50 bits per heavy atom. The van der Waals surface area contributed by atoms with Crippen molar-refractivity contribution in [3.05, 3.63) is 0 Å². The van der Waals surface area contributed by atoms with E-state index in [9.17, 15) is 4.79 Å². The number of rotatable bonds is 7. The molecule has 0 rings (SSSR count). The van der Waals surface area contributed by atoms with Crippen molar-refractivity contribution < 1.29 is 19.7 Å². The molecule has 0 aromatic heterocycles. The average Bonchev–Trinajstić information content (AvgIpc) is 1.98. The Hall–Kier alpha value is -0.610. The number of ether oxygens (including phenoxy) is 1. The Labute approximate surface area is 72.2 Å². The fraction of sp³-hybridized carbons (Fsp3) is 0.875. The smallest absolute Gasteiger partial charge is 0.329 e. The largest absolute Gasteiger partial charge is 0.480 e. The molecular weight excluding hydrogens is 160 g/mol. The van der Waals surface area contributed by atoms with Gasteiger partial charge >= 0.3 is 5.97 Å². The monoisotopic (exact) mass is 176 g/mol. The quantitative estimate of drug-likeness (QED) is 0.554. The van der Waals surface area contributed by atoms with Gasteiger partial charge in [0.1, 0.15) is 6.61 Å². The molecule has 0 amide bonds. The average molecular weight is 176 g/mol. The molecule has 0 aliphatic rings. The highest BCUT2D eigenvalue weighted by atomic mass is 16.5. The molecule has 0 bridgehead atoms. The number of hydrogen-bond donors (Lipinski definition) is 2. The van der Waals surface area contributed by atoms with Gasteiger partial charge in [0.2, 0.25) is 0 Å². The predicted molar refractivity (Wildman–Crippen MR) is 43.9 cm³/mol. The molecule has 0 heterocycles. The molecule has 1 atom stereocenters. The van der Waals surface area contributed by atoms with Gasteiger partial charge in [-0.2, -0.15) is 0 Å². The van der Waals surface area contributed by atoms with Crippen LogP contribution in [0.3, 0.4) is 0 Å². The van der Waals surface area contributed by atoms with E-state index in [4.69, 9.17) is 14.9 Å². The maximum Gasteiger partial charge on any atom is 0.329 e. The fourth-order valence-electron chi connectivity index (χ4n) is 0.809. The number of aliphatic carboxylic acids is 1. The van der Waals surface area contributed by atoms with Crippen LogP contribution >= 0.6 is 0 Å². The van der Waals surface area contributed by atoms with Crippen molar-refractivity contribution in [1.82, 2.24) is 0 Å². The third kappa shape index (κ3) is 7.50. The Morgan fingerprint density at radius 3 is 2.67 bits per heavy atom. The van der Waals surface area contributed by atoms with Gasteiger partial charge in [0.05, 0.1) is 0 Å². The van der Waals surface area contributed by atoms with E-state index in [0.29, 0.717) is 12.5 Å². The highest BCUT2D eigenvalue weighted by Gasteiger charge is 2.01. The molecule has 0 fully saturated rings. The third-order valence-electron chi connectivity index (χ3n) is 1.60. The molecule has 4 nitrogen and oxygen atoms in total. The minimum atomic E-state index is -0.940. The number of aliphatic hydroxyl groups is 1. The summed E-state index contributed by atoms with van der Waals surface area (Å²) >= 11 is 0. The molecule has 0 spiro atoms. The van der Waals surface area contributed by atoms with Crippen LogP contribution in [0.5, 0.6) is 0 Å². The fourth-order valence-corrected chi connectivity index (χ4v) is 0.809. The first kappa shape index (κ1) is 11.4. The van der Waals surface area contributed by atoms with Crippen LogP contribution in [0.4, 0.5) is 0 Å². The van der Waals surface area contributed by atoms with E-state index in [1.807, 2.05) is 6.92 Å². The topological polar surface area (TPSA) is 66.8 Å². The SMILES string of the molecule is CC(CCO)CCOCC(=O)O. The number of carboxylic acid groups (broad SMARTS) is 1. The summed E-state index contributed by atoms with van der Waals surface area (Å²) in [6.45, 7) is 2.40. The van der Waals surface area contributed by atoms with E-state index in [0.717, 1.165) is 12.8 Å². The number of hydrogen-bond acceptors (Lipinski definition) is 3. The summed E-state index contributed by atoms with van der Waals surface area (Å²) in [4.78, 5) is 10.0. The highest BCUT2D eigenvalue weighted by molar-refractivity contribution is 5.67. The van der Waals surface area contributed by atoms with Crippen LogP contribution in [0, 0.1) is 5.92 Å². The molecule has 0 aliphatic carbocycles. The van der Waals surface area contributed by atoms with Crippen LogP contribution in [-0.2, 0) is 9.53 Å². The predicted octanol–water partition coefficient (Wildman–Crippen LogP) is 0.496. The van der Waals surface area contributed by atoms with E-state index in [2.05, 4.69) is 0 Å². The van der Waals surface area contributed by atoms with Gasteiger partial charge in [-0.1, -0.05) is 6.92 Å². The molecule has 2 N–H and O–H groups in total. The molecule has 0 radical (unpaired) electrons. The second-order valence-electron chi connectivity index (χ2n) is 2.85. The lowest BCUT2D eigenvalue weighted by molar-refractivity contribution is -0.142. The van der Waals surface area contributed by atoms with Crippen LogP contribution < -0.4 is 0 Å². The van der Waals surface area contributed by atoms with Crippen molar-refractivity contribution in [2.24, 2.45) is 5.92 Å². The lowest BCUT2D eigenvalue weighted by Gasteiger charge is -2.08. The van der Waals surface area contributed by atoms with Crippen LogP contribution in [0.2, 0.25) is 0 Å². The lowest BCUT2D eigenvalue weighted by atomic mass is 10.1. The van der Waals surface area contributed by atoms with Gasteiger partial charge in [0, 0.05) is 13.2 Å². The van der Waals surface area contributed by atoms with Crippen molar-refractivity contribution in [3.63, 3.8) is 0 Å². The Morgan fingerprint density at radius 2 is 2.17 bits per heavy atom. The Bertz CT molecular complexity index is 124. The number of carbonyl (C=O) groups is 1. The summed E-state index contributed by atoms with van der Waals surface area (Å²) < 4.78 is 4.83. The number of aliphatic hydroxyl groups excluding tert-OH is 1. The van der Waals surface area contributed by atoms with Gasteiger partial charge in [0.15, 0.2) is 0 Å². The zero-order valence-electron chi connectivity index (χ0n) is 7.32. The van der Waals surface area contributed by atoms with Gasteiger partial charge in [-0.15, -0.1) is 0 Å².